The van der Waals surface area contributed by atoms with Crippen molar-refractivity contribution in [3.63, 3.8) is 0 Å². The summed E-state index contributed by atoms with van der Waals surface area (Å²) < 4.78 is 5.86. The number of amides is 1. The van der Waals surface area contributed by atoms with Crippen LogP contribution in [0.1, 0.15) is 49.0 Å². The van der Waals surface area contributed by atoms with Gasteiger partial charge in [0.05, 0.1) is 0 Å². The molecule has 1 heterocycles. The molecule has 1 amide bonds. The molecule has 3 aromatic rings. The Morgan fingerprint density at radius 3 is 2.48 bits per heavy atom. The minimum absolute atomic E-state index is 0.0198. The standard InChI is InChI=1S/C24H27N3O2/c1-15-8-6-10-21(17(15)3)25-22(28)18-11-13-19(14-12-18)23-26-27-24(29-23)20-9-5-4-7-16(20)2/h4-5,7,9,11-15,17,21H,6,8,10H2,1-3H3,(H,25,28). The third-order valence-electron chi connectivity index (χ3n) is 6.22. The number of carbonyl (C=O) groups excluding carboxylic acids is 1. The number of nitrogens with one attached hydrogen (secondary N) is 1. The van der Waals surface area contributed by atoms with E-state index in [2.05, 4.69) is 29.4 Å². The van der Waals surface area contributed by atoms with Gasteiger partial charge < -0.3 is 9.73 Å². The van der Waals surface area contributed by atoms with Gasteiger partial charge in [0.15, 0.2) is 0 Å². The molecule has 1 N–H and O–H groups in total. The molecule has 150 valence electrons. The number of aromatic nitrogens is 2. The van der Waals surface area contributed by atoms with Gasteiger partial charge in [0.2, 0.25) is 11.8 Å². The van der Waals surface area contributed by atoms with Crippen molar-refractivity contribution in [2.45, 2.75) is 46.1 Å². The predicted molar refractivity (Wildman–Crippen MR) is 113 cm³/mol. The molecule has 5 nitrogen and oxygen atoms in total. The van der Waals surface area contributed by atoms with Crippen LogP contribution in [-0.4, -0.2) is 22.1 Å². The number of rotatable bonds is 4. The minimum atomic E-state index is -0.0198. The Morgan fingerprint density at radius 1 is 1.00 bits per heavy atom. The number of benzene rings is 2. The van der Waals surface area contributed by atoms with Crippen molar-refractivity contribution in [3.8, 4) is 22.9 Å². The number of aryl methyl sites for hydroxylation is 1. The first kappa shape index (κ1) is 19.4. The Kier molecular flexibility index (Phi) is 5.47. The topological polar surface area (TPSA) is 68.0 Å². The fraction of sp³-hybridized carbons (Fsp3) is 0.375. The summed E-state index contributed by atoms with van der Waals surface area (Å²) in [6, 6.07) is 15.5. The van der Waals surface area contributed by atoms with E-state index < -0.39 is 0 Å². The average Bonchev–Trinajstić information content (AvgIpc) is 3.22. The van der Waals surface area contributed by atoms with Crippen molar-refractivity contribution in [2.24, 2.45) is 11.8 Å². The van der Waals surface area contributed by atoms with Gasteiger partial charge >= 0.3 is 0 Å². The second kappa shape index (κ2) is 8.19. The Balaban J connectivity index is 1.47. The lowest BCUT2D eigenvalue weighted by molar-refractivity contribution is 0.0891. The van der Waals surface area contributed by atoms with Crippen molar-refractivity contribution in [1.29, 1.82) is 0 Å². The molecule has 4 rings (SSSR count). The molecule has 5 heteroatoms. The van der Waals surface area contributed by atoms with Crippen LogP contribution >= 0.6 is 0 Å². The van der Waals surface area contributed by atoms with Crippen molar-refractivity contribution < 1.29 is 9.21 Å². The quantitative estimate of drug-likeness (QED) is 0.660. The van der Waals surface area contributed by atoms with Gasteiger partial charge in [-0.2, -0.15) is 0 Å². The maximum absolute atomic E-state index is 12.7. The van der Waals surface area contributed by atoms with E-state index >= 15 is 0 Å². The van der Waals surface area contributed by atoms with Gasteiger partial charge in [-0.05, 0) is 61.1 Å². The third-order valence-corrected chi connectivity index (χ3v) is 6.22. The number of nitrogens with zero attached hydrogens (tertiary/aromatic N) is 2. The summed E-state index contributed by atoms with van der Waals surface area (Å²) in [6.45, 7) is 6.52. The van der Waals surface area contributed by atoms with Crippen molar-refractivity contribution in [1.82, 2.24) is 15.5 Å². The van der Waals surface area contributed by atoms with Crippen LogP contribution in [0.4, 0.5) is 0 Å². The largest absolute Gasteiger partial charge is 0.416 e. The number of hydrogen-bond donors (Lipinski definition) is 1. The molecule has 1 aliphatic carbocycles. The third kappa shape index (κ3) is 4.09. The summed E-state index contributed by atoms with van der Waals surface area (Å²) in [4.78, 5) is 12.7. The van der Waals surface area contributed by atoms with Gasteiger partial charge in [0.1, 0.15) is 0 Å². The van der Waals surface area contributed by atoms with E-state index in [-0.39, 0.29) is 11.9 Å². The predicted octanol–water partition coefficient (Wildman–Crippen LogP) is 5.27. The van der Waals surface area contributed by atoms with Crippen LogP contribution in [0.2, 0.25) is 0 Å². The monoisotopic (exact) mass is 389 g/mol. The smallest absolute Gasteiger partial charge is 0.251 e. The molecule has 1 aliphatic rings. The molecule has 3 unspecified atom stereocenters. The molecule has 3 atom stereocenters. The fourth-order valence-corrected chi connectivity index (χ4v) is 4.06. The van der Waals surface area contributed by atoms with E-state index in [0.29, 0.717) is 29.2 Å². The molecule has 0 radical (unpaired) electrons. The summed E-state index contributed by atoms with van der Waals surface area (Å²) in [7, 11) is 0. The molecule has 0 saturated heterocycles. The SMILES string of the molecule is Cc1ccccc1-c1nnc(-c2ccc(C(=O)NC3CCCC(C)C3C)cc2)o1. The lowest BCUT2D eigenvalue weighted by Crippen LogP contribution is -2.43. The Labute approximate surface area is 171 Å². The summed E-state index contributed by atoms with van der Waals surface area (Å²) in [5.41, 5.74) is 3.46. The zero-order valence-electron chi connectivity index (χ0n) is 17.2. The Hall–Kier alpha value is -2.95. The van der Waals surface area contributed by atoms with Gasteiger partial charge in [-0.3, -0.25) is 4.79 Å². The molecule has 1 fully saturated rings. The molecular formula is C24H27N3O2. The maximum atomic E-state index is 12.7. The zero-order chi connectivity index (χ0) is 20.4. The van der Waals surface area contributed by atoms with E-state index in [1.807, 2.05) is 55.5 Å². The maximum Gasteiger partial charge on any atom is 0.251 e. The van der Waals surface area contributed by atoms with Gasteiger partial charge in [0.25, 0.3) is 5.91 Å². The number of hydrogen-bond acceptors (Lipinski definition) is 4. The Morgan fingerprint density at radius 2 is 1.72 bits per heavy atom. The van der Waals surface area contributed by atoms with Crippen molar-refractivity contribution in [2.75, 3.05) is 0 Å². The number of carbonyl (C=O) groups is 1. The minimum Gasteiger partial charge on any atom is -0.416 e. The lowest BCUT2D eigenvalue weighted by Gasteiger charge is -2.34. The highest BCUT2D eigenvalue weighted by Crippen LogP contribution is 2.30. The molecule has 0 spiro atoms. The van der Waals surface area contributed by atoms with E-state index in [9.17, 15) is 4.79 Å². The first-order chi connectivity index (χ1) is 14.0. The van der Waals surface area contributed by atoms with E-state index in [1.165, 1.54) is 12.8 Å². The summed E-state index contributed by atoms with van der Waals surface area (Å²) in [5.74, 6) is 2.08. The van der Waals surface area contributed by atoms with Gasteiger partial charge in [-0.25, -0.2) is 0 Å². The highest BCUT2D eigenvalue weighted by molar-refractivity contribution is 5.94. The first-order valence-electron chi connectivity index (χ1n) is 10.3. The molecular weight excluding hydrogens is 362 g/mol. The molecule has 0 aliphatic heterocycles. The second-order valence-corrected chi connectivity index (χ2v) is 8.15. The van der Waals surface area contributed by atoms with E-state index in [1.54, 1.807) is 0 Å². The summed E-state index contributed by atoms with van der Waals surface area (Å²) in [5, 5.41) is 11.6. The molecule has 0 bridgehead atoms. The van der Waals surface area contributed by atoms with Gasteiger partial charge in [-0.15, -0.1) is 10.2 Å². The highest BCUT2D eigenvalue weighted by Gasteiger charge is 2.28. The van der Waals surface area contributed by atoms with Crippen LogP contribution in [0.25, 0.3) is 22.9 Å². The summed E-state index contributed by atoms with van der Waals surface area (Å²) >= 11 is 0. The Bertz CT molecular complexity index is 993. The highest BCUT2D eigenvalue weighted by atomic mass is 16.4. The van der Waals surface area contributed by atoms with Crippen molar-refractivity contribution in [3.05, 3.63) is 59.7 Å². The van der Waals surface area contributed by atoms with Crippen molar-refractivity contribution >= 4 is 5.91 Å². The van der Waals surface area contributed by atoms with Crippen LogP contribution in [-0.2, 0) is 0 Å². The van der Waals surface area contributed by atoms with Gasteiger partial charge in [0, 0.05) is 22.7 Å². The zero-order valence-corrected chi connectivity index (χ0v) is 17.2. The normalized spacial score (nSPS) is 21.7. The summed E-state index contributed by atoms with van der Waals surface area (Å²) in [6.07, 6.45) is 3.48. The van der Waals surface area contributed by atoms with Crippen LogP contribution < -0.4 is 5.32 Å². The lowest BCUT2D eigenvalue weighted by atomic mass is 9.78. The van der Waals surface area contributed by atoms with Crippen LogP contribution in [0.15, 0.2) is 52.9 Å². The molecule has 1 saturated carbocycles. The molecule has 29 heavy (non-hydrogen) atoms. The van der Waals surface area contributed by atoms with E-state index in [0.717, 1.165) is 23.1 Å². The second-order valence-electron chi connectivity index (χ2n) is 8.15. The average molecular weight is 389 g/mol. The van der Waals surface area contributed by atoms with Crippen LogP contribution in [0.5, 0.6) is 0 Å². The molecule has 1 aromatic heterocycles. The van der Waals surface area contributed by atoms with Gasteiger partial charge in [-0.1, -0.05) is 44.9 Å². The van der Waals surface area contributed by atoms with Crippen LogP contribution in [0.3, 0.4) is 0 Å². The molecule has 2 aromatic carbocycles. The first-order valence-corrected chi connectivity index (χ1v) is 10.3. The van der Waals surface area contributed by atoms with Crippen LogP contribution in [0, 0.1) is 18.8 Å². The van der Waals surface area contributed by atoms with E-state index in [4.69, 9.17) is 4.42 Å². The fourth-order valence-electron chi connectivity index (χ4n) is 4.06.